The molecule has 0 heterocycles. The van der Waals surface area contributed by atoms with E-state index < -0.39 is 0 Å². The molecule has 1 nitrogen and oxygen atoms in total. The van der Waals surface area contributed by atoms with Gasteiger partial charge in [0.1, 0.15) is 11.6 Å². The highest BCUT2D eigenvalue weighted by molar-refractivity contribution is 6.20. The molecule has 0 spiro atoms. The van der Waals surface area contributed by atoms with Gasteiger partial charge >= 0.3 is 0 Å². The van der Waals surface area contributed by atoms with Crippen molar-refractivity contribution in [2.75, 3.05) is 7.11 Å². The quantitative estimate of drug-likeness (QED) is 0.739. The molecule has 0 saturated heterocycles. The minimum Gasteiger partial charge on any atom is -0.497 e. The summed E-state index contributed by atoms with van der Waals surface area (Å²) in [4.78, 5) is 0. The molecule has 0 saturated carbocycles. The minimum absolute atomic E-state index is 0.234. The van der Waals surface area contributed by atoms with E-state index in [2.05, 4.69) is 0 Å². The van der Waals surface area contributed by atoms with Gasteiger partial charge in [-0.2, -0.15) is 0 Å². The second kappa shape index (κ2) is 6.07. The van der Waals surface area contributed by atoms with Crippen LogP contribution in [0.1, 0.15) is 22.1 Å². The topological polar surface area (TPSA) is 9.23 Å². The Kier molecular flexibility index (Phi) is 4.43. The molecule has 1 atom stereocenters. The molecule has 2 aromatic rings. The van der Waals surface area contributed by atoms with Gasteiger partial charge in [-0.3, -0.25) is 0 Å². The third-order valence-corrected chi connectivity index (χ3v) is 3.41. The summed E-state index contributed by atoms with van der Waals surface area (Å²) in [6, 6.07) is 12.7. The van der Waals surface area contributed by atoms with Gasteiger partial charge < -0.3 is 4.74 Å². The first-order valence-corrected chi connectivity index (χ1v) is 6.56. The van der Waals surface area contributed by atoms with E-state index in [1.165, 1.54) is 12.1 Å². The van der Waals surface area contributed by atoms with E-state index >= 15 is 0 Å². The highest BCUT2D eigenvalue weighted by atomic mass is 35.5. The van der Waals surface area contributed by atoms with Crippen LogP contribution in [-0.2, 0) is 6.42 Å². The molecule has 1 unspecified atom stereocenters. The van der Waals surface area contributed by atoms with Gasteiger partial charge in [-0.1, -0.05) is 18.2 Å². The highest BCUT2D eigenvalue weighted by Gasteiger charge is 2.11. The zero-order chi connectivity index (χ0) is 13.8. The number of benzene rings is 2. The van der Waals surface area contributed by atoms with Gasteiger partial charge in [0.25, 0.3) is 0 Å². The molecule has 2 rings (SSSR count). The normalized spacial score (nSPS) is 12.2. The molecule has 0 aliphatic rings. The van der Waals surface area contributed by atoms with Crippen molar-refractivity contribution in [2.45, 2.75) is 18.7 Å². The van der Waals surface area contributed by atoms with E-state index in [1.54, 1.807) is 7.11 Å². The number of methoxy groups -OCH3 is 1. The number of aryl methyl sites for hydroxylation is 1. The van der Waals surface area contributed by atoms with Crippen molar-refractivity contribution < 1.29 is 9.13 Å². The number of halogens is 2. The second-order valence-corrected chi connectivity index (χ2v) is 5.11. The molecular weight excluding hydrogens is 263 g/mol. The highest BCUT2D eigenvalue weighted by Crippen LogP contribution is 2.27. The largest absolute Gasteiger partial charge is 0.497 e. The Morgan fingerprint density at radius 1 is 1.16 bits per heavy atom. The lowest BCUT2D eigenvalue weighted by Crippen LogP contribution is -1.97. The Balaban J connectivity index is 2.13. The lowest BCUT2D eigenvalue weighted by Gasteiger charge is -2.11. The summed E-state index contributed by atoms with van der Waals surface area (Å²) < 4.78 is 18.5. The maximum Gasteiger partial charge on any atom is 0.123 e. The molecule has 3 heteroatoms. The summed E-state index contributed by atoms with van der Waals surface area (Å²) in [7, 11) is 1.63. The Hall–Kier alpha value is -1.54. The summed E-state index contributed by atoms with van der Waals surface area (Å²) in [6.07, 6.45) is 0.661. The van der Waals surface area contributed by atoms with Crippen LogP contribution in [0.25, 0.3) is 0 Å². The molecule has 0 aromatic heterocycles. The zero-order valence-corrected chi connectivity index (χ0v) is 11.7. The van der Waals surface area contributed by atoms with Crippen molar-refractivity contribution >= 4 is 11.6 Å². The Bertz CT molecular complexity index is 531. The SMILES string of the molecule is COc1ccc(CC(Cl)c2cc(C)cc(F)c2)cc1. The molecule has 0 radical (unpaired) electrons. The summed E-state index contributed by atoms with van der Waals surface area (Å²) >= 11 is 6.36. The summed E-state index contributed by atoms with van der Waals surface area (Å²) in [6.45, 7) is 1.86. The Morgan fingerprint density at radius 2 is 1.84 bits per heavy atom. The van der Waals surface area contributed by atoms with E-state index in [1.807, 2.05) is 37.3 Å². The van der Waals surface area contributed by atoms with E-state index in [0.29, 0.717) is 6.42 Å². The number of hydrogen-bond acceptors (Lipinski definition) is 1. The number of hydrogen-bond donors (Lipinski definition) is 0. The maximum absolute atomic E-state index is 13.4. The van der Waals surface area contributed by atoms with Crippen LogP contribution in [-0.4, -0.2) is 7.11 Å². The van der Waals surface area contributed by atoms with E-state index in [9.17, 15) is 4.39 Å². The smallest absolute Gasteiger partial charge is 0.123 e. The molecular formula is C16H16ClFO. The van der Waals surface area contributed by atoms with Crippen LogP contribution in [0.3, 0.4) is 0 Å². The fourth-order valence-corrected chi connectivity index (χ4v) is 2.34. The molecule has 19 heavy (non-hydrogen) atoms. The van der Waals surface area contributed by atoms with Gasteiger partial charge in [-0.25, -0.2) is 4.39 Å². The van der Waals surface area contributed by atoms with Crippen LogP contribution in [0, 0.1) is 12.7 Å². The van der Waals surface area contributed by atoms with E-state index in [4.69, 9.17) is 16.3 Å². The van der Waals surface area contributed by atoms with Gasteiger partial charge in [-0.15, -0.1) is 11.6 Å². The van der Waals surface area contributed by atoms with Gasteiger partial charge in [0.15, 0.2) is 0 Å². The summed E-state index contributed by atoms with van der Waals surface area (Å²) in [5.41, 5.74) is 2.80. The van der Waals surface area contributed by atoms with Crippen molar-refractivity contribution in [3.63, 3.8) is 0 Å². The first-order valence-electron chi connectivity index (χ1n) is 6.12. The summed E-state index contributed by atoms with van der Waals surface area (Å²) in [5.74, 6) is 0.576. The van der Waals surface area contributed by atoms with Crippen LogP contribution in [0.5, 0.6) is 5.75 Å². The third kappa shape index (κ3) is 3.71. The van der Waals surface area contributed by atoms with Crippen molar-refractivity contribution in [3.8, 4) is 5.75 Å². The van der Waals surface area contributed by atoms with Gasteiger partial charge in [0.2, 0.25) is 0 Å². The average molecular weight is 279 g/mol. The van der Waals surface area contributed by atoms with Crippen LogP contribution >= 0.6 is 11.6 Å². The maximum atomic E-state index is 13.4. The van der Waals surface area contributed by atoms with Crippen LogP contribution in [0.4, 0.5) is 4.39 Å². The molecule has 2 aromatic carbocycles. The molecule has 0 amide bonds. The number of alkyl halides is 1. The van der Waals surface area contributed by atoms with Gasteiger partial charge in [-0.05, 0) is 54.3 Å². The van der Waals surface area contributed by atoms with Gasteiger partial charge in [0, 0.05) is 0 Å². The molecule has 0 aliphatic heterocycles. The standard InChI is InChI=1S/C16H16ClFO/c1-11-7-13(10-14(18)8-11)16(17)9-12-3-5-15(19-2)6-4-12/h3-8,10,16H,9H2,1-2H3. The van der Waals surface area contributed by atoms with Gasteiger partial charge in [0.05, 0.1) is 12.5 Å². The predicted molar refractivity (Wildman–Crippen MR) is 76.4 cm³/mol. The molecule has 0 fully saturated rings. The fraction of sp³-hybridized carbons (Fsp3) is 0.250. The molecule has 0 bridgehead atoms. The van der Waals surface area contributed by atoms with Crippen LogP contribution in [0.2, 0.25) is 0 Å². The minimum atomic E-state index is -0.240. The second-order valence-electron chi connectivity index (χ2n) is 4.58. The monoisotopic (exact) mass is 278 g/mol. The van der Waals surface area contributed by atoms with Crippen LogP contribution in [0.15, 0.2) is 42.5 Å². The fourth-order valence-electron chi connectivity index (χ4n) is 2.03. The Labute approximate surface area is 118 Å². The molecule has 0 N–H and O–H groups in total. The van der Waals surface area contributed by atoms with Crippen molar-refractivity contribution in [3.05, 3.63) is 65.0 Å². The zero-order valence-electron chi connectivity index (χ0n) is 11.0. The van der Waals surface area contributed by atoms with Crippen molar-refractivity contribution in [1.82, 2.24) is 0 Å². The van der Waals surface area contributed by atoms with E-state index in [-0.39, 0.29) is 11.2 Å². The number of ether oxygens (including phenoxy) is 1. The van der Waals surface area contributed by atoms with Crippen molar-refractivity contribution in [1.29, 1.82) is 0 Å². The lowest BCUT2D eigenvalue weighted by molar-refractivity contribution is 0.414. The molecule has 100 valence electrons. The first kappa shape index (κ1) is 13.9. The van der Waals surface area contributed by atoms with Crippen molar-refractivity contribution in [2.24, 2.45) is 0 Å². The third-order valence-electron chi connectivity index (χ3n) is 3.00. The lowest BCUT2D eigenvalue weighted by atomic mass is 10.0. The predicted octanol–water partition coefficient (Wildman–Crippen LogP) is 4.67. The van der Waals surface area contributed by atoms with E-state index in [0.717, 1.165) is 22.4 Å². The number of rotatable bonds is 4. The average Bonchev–Trinajstić information content (AvgIpc) is 2.38. The Morgan fingerprint density at radius 3 is 2.42 bits per heavy atom. The summed E-state index contributed by atoms with van der Waals surface area (Å²) in [5, 5.41) is -0.234. The molecule has 0 aliphatic carbocycles. The van der Waals surface area contributed by atoms with Crippen LogP contribution < -0.4 is 4.74 Å². The first-order chi connectivity index (χ1) is 9.08.